The van der Waals surface area contributed by atoms with Crippen LogP contribution in [0.1, 0.15) is 56.6 Å². The third kappa shape index (κ3) is 1.80. The molecule has 4 aliphatic carbocycles. The Kier molecular flexibility index (Phi) is 3.09. The zero-order valence-corrected chi connectivity index (χ0v) is 15.2. The number of carbonyl (C=O) groups is 2. The lowest BCUT2D eigenvalue weighted by Gasteiger charge is -2.55. The minimum Gasteiger partial charge on any atom is -0.504 e. The molecule has 0 unspecified atom stereocenters. The van der Waals surface area contributed by atoms with Crippen LogP contribution in [0.25, 0.3) is 0 Å². The van der Waals surface area contributed by atoms with Gasteiger partial charge in [-0.3, -0.25) is 9.59 Å². The van der Waals surface area contributed by atoms with Crippen LogP contribution in [0.15, 0.2) is 24.3 Å². The summed E-state index contributed by atoms with van der Waals surface area (Å²) in [6.45, 7) is 3.66. The molecule has 2 bridgehead atoms. The van der Waals surface area contributed by atoms with Crippen molar-refractivity contribution in [2.75, 3.05) is 0 Å². The third-order valence-corrected chi connectivity index (χ3v) is 7.87. The van der Waals surface area contributed by atoms with Gasteiger partial charge in [0.2, 0.25) is 0 Å². The van der Waals surface area contributed by atoms with Crippen LogP contribution >= 0.6 is 0 Å². The second-order valence-corrected chi connectivity index (χ2v) is 8.84. The fourth-order valence-electron chi connectivity index (χ4n) is 6.73. The van der Waals surface area contributed by atoms with Crippen molar-refractivity contribution >= 4 is 11.8 Å². The highest BCUT2D eigenvalue weighted by Gasteiger charge is 2.68. The van der Waals surface area contributed by atoms with Crippen LogP contribution in [-0.4, -0.2) is 16.9 Å². The number of rotatable bonds is 1. The average molecular weight is 352 g/mol. The molecule has 0 aromatic heterocycles. The number of fused-ring (bicyclic) bond motifs is 3. The highest BCUT2D eigenvalue weighted by atomic mass is 16.5. The summed E-state index contributed by atoms with van der Waals surface area (Å²) in [6.07, 6.45) is 9.24. The van der Waals surface area contributed by atoms with E-state index in [0.29, 0.717) is 24.0 Å². The van der Waals surface area contributed by atoms with Crippen molar-refractivity contribution in [3.05, 3.63) is 35.4 Å². The summed E-state index contributed by atoms with van der Waals surface area (Å²) in [5.41, 5.74) is 2.40. The minimum absolute atomic E-state index is 0.0190. The van der Waals surface area contributed by atoms with Crippen molar-refractivity contribution in [2.45, 2.75) is 51.9 Å². The van der Waals surface area contributed by atoms with Crippen LogP contribution in [0.3, 0.4) is 0 Å². The number of phenolic OH excluding ortho intramolecular Hbond substituents is 1. The first kappa shape index (κ1) is 16.1. The van der Waals surface area contributed by atoms with Crippen LogP contribution < -0.4 is 4.74 Å². The molecular weight excluding hydrogens is 328 g/mol. The number of aryl methyl sites for hydroxylation is 1. The summed E-state index contributed by atoms with van der Waals surface area (Å²) in [6, 6.07) is 3.64. The molecule has 26 heavy (non-hydrogen) atoms. The second kappa shape index (κ2) is 4.99. The lowest BCUT2D eigenvalue weighted by atomic mass is 9.48. The first-order valence-corrected chi connectivity index (χ1v) is 9.62. The molecule has 0 amide bonds. The zero-order chi connectivity index (χ0) is 18.3. The number of phenols is 1. The van der Waals surface area contributed by atoms with Gasteiger partial charge < -0.3 is 9.84 Å². The van der Waals surface area contributed by atoms with E-state index in [-0.39, 0.29) is 28.2 Å². The van der Waals surface area contributed by atoms with Gasteiger partial charge in [-0.2, -0.15) is 0 Å². The zero-order valence-electron chi connectivity index (χ0n) is 15.2. The fraction of sp³-hybridized carbons (Fsp3) is 0.545. The van der Waals surface area contributed by atoms with Gasteiger partial charge in [0.1, 0.15) is 5.78 Å². The van der Waals surface area contributed by atoms with E-state index >= 15 is 0 Å². The van der Waals surface area contributed by atoms with Gasteiger partial charge in [0.05, 0.1) is 0 Å². The molecule has 0 radical (unpaired) electrons. The molecule has 1 N–H and O–H groups in total. The number of aromatic hydroxyl groups is 1. The number of esters is 1. The Morgan fingerprint density at radius 3 is 2.85 bits per heavy atom. The van der Waals surface area contributed by atoms with E-state index in [2.05, 4.69) is 19.1 Å². The van der Waals surface area contributed by atoms with Crippen molar-refractivity contribution in [1.82, 2.24) is 0 Å². The Hall–Kier alpha value is -2.10. The Balaban J connectivity index is 1.59. The van der Waals surface area contributed by atoms with Crippen LogP contribution in [0.2, 0.25) is 0 Å². The van der Waals surface area contributed by atoms with Gasteiger partial charge in [-0.05, 0) is 66.2 Å². The molecular formula is C22H24O4. The van der Waals surface area contributed by atoms with E-state index in [1.165, 1.54) is 12.5 Å². The molecule has 1 aromatic rings. The van der Waals surface area contributed by atoms with E-state index < -0.39 is 5.97 Å². The normalized spacial score (nSPS) is 39.3. The predicted octanol–water partition coefficient (Wildman–Crippen LogP) is 3.91. The van der Waals surface area contributed by atoms with Gasteiger partial charge in [-0.1, -0.05) is 19.1 Å². The lowest BCUT2D eigenvalue weighted by molar-refractivity contribution is -0.132. The Labute approximate surface area is 153 Å². The SMILES string of the molecule is CC(=O)Oc1cc2c(cc1O)CC[C@@H]1[C@@H]2CC[C@]2(C)[C@@H]3C=C[C@]12CC3=O. The molecule has 0 aliphatic heterocycles. The molecule has 1 aromatic carbocycles. The Bertz CT molecular complexity index is 869. The van der Waals surface area contributed by atoms with Gasteiger partial charge in [-0.15, -0.1) is 0 Å². The Morgan fingerprint density at radius 2 is 2.12 bits per heavy atom. The summed E-state index contributed by atoms with van der Waals surface area (Å²) >= 11 is 0. The number of carbonyl (C=O) groups excluding carboxylic acids is 2. The maximum Gasteiger partial charge on any atom is 0.308 e. The number of hydrogen-bond acceptors (Lipinski definition) is 4. The molecule has 0 spiro atoms. The molecule has 4 nitrogen and oxygen atoms in total. The third-order valence-electron chi connectivity index (χ3n) is 7.87. The Morgan fingerprint density at radius 1 is 1.31 bits per heavy atom. The monoisotopic (exact) mass is 352 g/mol. The van der Waals surface area contributed by atoms with E-state index in [4.69, 9.17) is 4.74 Å². The standard InChI is InChI=1S/C22H24O4/c1-12(23)26-20-10-15-13(9-18(20)24)3-4-16-14(15)5-7-21(2)17-6-8-22(16,21)11-19(17)25/h6,8-10,14,16-17,24H,3-5,7,11H2,1-2H3/t14-,16-,17-,21-,22+/m1/s1. The summed E-state index contributed by atoms with van der Waals surface area (Å²) in [5.74, 6) is 1.17. The minimum atomic E-state index is -0.426. The van der Waals surface area contributed by atoms with Gasteiger partial charge >= 0.3 is 5.97 Å². The maximum absolute atomic E-state index is 12.6. The van der Waals surface area contributed by atoms with E-state index in [1.807, 2.05) is 6.07 Å². The molecule has 2 saturated carbocycles. The number of benzene rings is 1. The predicted molar refractivity (Wildman–Crippen MR) is 96.0 cm³/mol. The molecule has 136 valence electrons. The fourth-order valence-corrected chi connectivity index (χ4v) is 6.73. The van der Waals surface area contributed by atoms with Crippen LogP contribution in [0.5, 0.6) is 11.5 Å². The molecule has 5 rings (SSSR count). The summed E-state index contributed by atoms with van der Waals surface area (Å²) in [5, 5.41) is 10.2. The van der Waals surface area contributed by atoms with Crippen LogP contribution in [-0.2, 0) is 16.0 Å². The molecule has 0 saturated heterocycles. The van der Waals surface area contributed by atoms with E-state index in [9.17, 15) is 14.7 Å². The smallest absolute Gasteiger partial charge is 0.308 e. The van der Waals surface area contributed by atoms with E-state index in [0.717, 1.165) is 31.2 Å². The first-order chi connectivity index (χ1) is 12.4. The van der Waals surface area contributed by atoms with Crippen molar-refractivity contribution in [1.29, 1.82) is 0 Å². The molecule has 4 heteroatoms. The van der Waals surface area contributed by atoms with Crippen molar-refractivity contribution in [3.63, 3.8) is 0 Å². The van der Waals surface area contributed by atoms with Gasteiger partial charge in [-0.25, -0.2) is 0 Å². The maximum atomic E-state index is 12.6. The van der Waals surface area contributed by atoms with Crippen molar-refractivity contribution < 1.29 is 19.4 Å². The van der Waals surface area contributed by atoms with Crippen molar-refractivity contribution in [3.8, 4) is 11.5 Å². The van der Waals surface area contributed by atoms with Crippen LogP contribution in [0.4, 0.5) is 0 Å². The summed E-state index contributed by atoms with van der Waals surface area (Å²) in [7, 11) is 0. The molecule has 2 fully saturated rings. The van der Waals surface area contributed by atoms with Gasteiger partial charge in [0.15, 0.2) is 11.5 Å². The number of allylic oxidation sites excluding steroid dienone is 2. The first-order valence-electron chi connectivity index (χ1n) is 9.62. The van der Waals surface area contributed by atoms with Crippen molar-refractivity contribution in [2.24, 2.45) is 22.7 Å². The highest BCUT2D eigenvalue weighted by molar-refractivity contribution is 5.89. The number of hydrogen-bond donors (Lipinski definition) is 1. The summed E-state index contributed by atoms with van der Waals surface area (Å²) in [4.78, 5) is 24.0. The topological polar surface area (TPSA) is 63.6 Å². The van der Waals surface area contributed by atoms with Gasteiger partial charge in [0.25, 0.3) is 0 Å². The highest BCUT2D eigenvalue weighted by Crippen LogP contribution is 2.72. The quantitative estimate of drug-likeness (QED) is 0.473. The molecule has 5 atom stereocenters. The number of ether oxygens (including phenoxy) is 1. The summed E-state index contributed by atoms with van der Waals surface area (Å²) < 4.78 is 5.22. The largest absolute Gasteiger partial charge is 0.504 e. The number of ketones is 1. The molecule has 4 aliphatic rings. The van der Waals surface area contributed by atoms with Gasteiger partial charge in [0, 0.05) is 24.7 Å². The lowest BCUT2D eigenvalue weighted by Crippen LogP contribution is -2.47. The van der Waals surface area contributed by atoms with E-state index in [1.54, 1.807) is 6.07 Å². The average Bonchev–Trinajstić information content (AvgIpc) is 3.00. The second-order valence-electron chi connectivity index (χ2n) is 8.84. The van der Waals surface area contributed by atoms with Crippen LogP contribution in [0, 0.1) is 22.7 Å². The number of Topliss-reactive ketones (excluding diaryl/α,β-unsaturated/α-hetero) is 1. The molecule has 0 heterocycles.